The number of carbonyl (C=O) groups is 3. The van der Waals surface area contributed by atoms with Gasteiger partial charge in [-0.15, -0.1) is 0 Å². The largest absolute Gasteiger partial charge is 0.357 e. The van der Waals surface area contributed by atoms with E-state index >= 15 is 0 Å². The third-order valence-electron chi connectivity index (χ3n) is 3.10. The molecule has 0 bridgehead atoms. The Hall–Kier alpha value is -1.59. The van der Waals surface area contributed by atoms with E-state index in [1.807, 2.05) is 6.92 Å². The minimum absolute atomic E-state index is 0.0580. The maximum Gasteiger partial charge on any atom is 0.244 e. The number of amides is 3. The summed E-state index contributed by atoms with van der Waals surface area (Å²) in [6.45, 7) is 5.44. The Balaban J connectivity index is 2.92. The summed E-state index contributed by atoms with van der Waals surface area (Å²) >= 11 is 0. The van der Waals surface area contributed by atoms with Gasteiger partial charge in [0.25, 0.3) is 0 Å². The molecule has 2 atom stereocenters. The number of hydrogen-bond donors (Lipinski definition) is 1. The summed E-state index contributed by atoms with van der Waals surface area (Å²) in [6, 6.07) is -0.644. The van der Waals surface area contributed by atoms with Gasteiger partial charge in [-0.1, -0.05) is 0 Å². The van der Waals surface area contributed by atoms with Crippen LogP contribution in [0.25, 0.3) is 0 Å². The van der Waals surface area contributed by atoms with Crippen molar-refractivity contribution in [3.05, 3.63) is 0 Å². The van der Waals surface area contributed by atoms with E-state index in [2.05, 4.69) is 5.32 Å². The number of nitrogens with one attached hydrogen (secondary N) is 1. The van der Waals surface area contributed by atoms with Crippen LogP contribution in [-0.4, -0.2) is 59.7 Å². The molecular weight excluding hydrogens is 222 g/mol. The summed E-state index contributed by atoms with van der Waals surface area (Å²) < 4.78 is 0. The van der Waals surface area contributed by atoms with Crippen LogP contribution in [0.4, 0.5) is 0 Å². The van der Waals surface area contributed by atoms with Crippen molar-refractivity contribution in [1.29, 1.82) is 0 Å². The Kier molecular flexibility index (Phi) is 4.09. The fourth-order valence-electron chi connectivity index (χ4n) is 2.15. The summed E-state index contributed by atoms with van der Waals surface area (Å²) in [5.74, 6) is -0.457. The third-order valence-corrected chi connectivity index (χ3v) is 3.10. The van der Waals surface area contributed by atoms with Crippen LogP contribution in [-0.2, 0) is 14.4 Å². The Morgan fingerprint density at radius 1 is 1.06 bits per heavy atom. The fourth-order valence-corrected chi connectivity index (χ4v) is 2.15. The van der Waals surface area contributed by atoms with E-state index in [0.717, 1.165) is 0 Å². The predicted octanol–water partition coefficient (Wildman–Crippen LogP) is -0.800. The molecule has 1 rings (SSSR count). The number of rotatable bonds is 1. The maximum absolute atomic E-state index is 11.7. The van der Waals surface area contributed by atoms with E-state index in [4.69, 9.17) is 0 Å². The molecule has 0 aliphatic carbocycles. The van der Waals surface area contributed by atoms with Gasteiger partial charge in [-0.2, -0.15) is 0 Å². The zero-order valence-corrected chi connectivity index (χ0v) is 10.7. The van der Waals surface area contributed by atoms with Gasteiger partial charge in [0.15, 0.2) is 0 Å². The van der Waals surface area contributed by atoms with Crippen molar-refractivity contribution in [3.63, 3.8) is 0 Å². The standard InChI is InChI=1S/C11H19N3O3/c1-7-5-14(9(3)16)10(11(17)12-4)6-13(7)8(2)15/h7,10H,5-6H2,1-4H3,(H,12,17)/t7-,10+/m0/s1. The van der Waals surface area contributed by atoms with Gasteiger partial charge < -0.3 is 15.1 Å². The van der Waals surface area contributed by atoms with E-state index in [9.17, 15) is 14.4 Å². The molecule has 6 nitrogen and oxygen atoms in total. The highest BCUT2D eigenvalue weighted by atomic mass is 16.2. The molecule has 0 spiro atoms. The van der Waals surface area contributed by atoms with Gasteiger partial charge in [-0.05, 0) is 6.92 Å². The second kappa shape index (κ2) is 5.16. The first-order chi connectivity index (χ1) is 7.88. The normalized spacial score (nSPS) is 24.5. The minimum Gasteiger partial charge on any atom is -0.357 e. The molecule has 1 N–H and O–H groups in total. The van der Waals surface area contributed by atoms with E-state index < -0.39 is 6.04 Å². The van der Waals surface area contributed by atoms with E-state index in [1.165, 1.54) is 25.8 Å². The van der Waals surface area contributed by atoms with Crippen molar-refractivity contribution in [2.24, 2.45) is 0 Å². The van der Waals surface area contributed by atoms with E-state index in [0.29, 0.717) is 6.54 Å². The van der Waals surface area contributed by atoms with Crippen LogP contribution >= 0.6 is 0 Å². The molecule has 1 fully saturated rings. The van der Waals surface area contributed by atoms with Crippen molar-refractivity contribution in [2.45, 2.75) is 32.9 Å². The number of piperazine rings is 1. The zero-order valence-electron chi connectivity index (χ0n) is 10.7. The zero-order chi connectivity index (χ0) is 13.2. The van der Waals surface area contributed by atoms with Gasteiger partial charge in [0.1, 0.15) is 6.04 Å². The molecule has 6 heteroatoms. The highest BCUT2D eigenvalue weighted by molar-refractivity contribution is 5.88. The van der Waals surface area contributed by atoms with E-state index in [-0.39, 0.29) is 30.3 Å². The van der Waals surface area contributed by atoms with Crippen molar-refractivity contribution >= 4 is 17.7 Å². The molecule has 1 heterocycles. The predicted molar refractivity (Wildman–Crippen MR) is 62.1 cm³/mol. The van der Waals surface area contributed by atoms with Gasteiger partial charge in [0.05, 0.1) is 6.54 Å². The first-order valence-corrected chi connectivity index (χ1v) is 5.64. The fraction of sp³-hybridized carbons (Fsp3) is 0.727. The van der Waals surface area contributed by atoms with Crippen molar-refractivity contribution < 1.29 is 14.4 Å². The van der Waals surface area contributed by atoms with Crippen LogP contribution in [0.2, 0.25) is 0 Å². The molecule has 0 radical (unpaired) electrons. The Morgan fingerprint density at radius 3 is 2.00 bits per heavy atom. The first kappa shape index (κ1) is 13.5. The SMILES string of the molecule is CNC(=O)[C@H]1CN(C(C)=O)[C@@H](C)CN1C(C)=O. The summed E-state index contributed by atoms with van der Waals surface area (Å²) in [5.41, 5.74) is 0. The van der Waals surface area contributed by atoms with Gasteiger partial charge in [-0.3, -0.25) is 14.4 Å². The van der Waals surface area contributed by atoms with Gasteiger partial charge >= 0.3 is 0 Å². The summed E-state index contributed by atoms with van der Waals surface area (Å²) in [5, 5.41) is 2.52. The molecule has 0 saturated carbocycles. The van der Waals surface area contributed by atoms with Gasteiger partial charge in [0, 0.05) is 33.5 Å². The smallest absolute Gasteiger partial charge is 0.244 e. The molecule has 0 aromatic rings. The van der Waals surface area contributed by atoms with Crippen molar-refractivity contribution in [2.75, 3.05) is 20.1 Å². The molecule has 3 amide bonds. The minimum atomic E-state index is -0.586. The van der Waals surface area contributed by atoms with Crippen molar-refractivity contribution in [3.8, 4) is 0 Å². The highest BCUT2D eigenvalue weighted by Gasteiger charge is 2.37. The molecule has 1 aliphatic rings. The summed E-state index contributed by atoms with van der Waals surface area (Å²) in [4.78, 5) is 37.8. The molecule has 0 unspecified atom stereocenters. The maximum atomic E-state index is 11.7. The Labute approximate surface area is 101 Å². The third kappa shape index (κ3) is 2.75. The molecule has 1 saturated heterocycles. The second-order valence-corrected chi connectivity index (χ2v) is 4.32. The lowest BCUT2D eigenvalue weighted by Crippen LogP contribution is -2.63. The Morgan fingerprint density at radius 2 is 1.59 bits per heavy atom. The van der Waals surface area contributed by atoms with Crippen LogP contribution in [0, 0.1) is 0 Å². The first-order valence-electron chi connectivity index (χ1n) is 5.64. The molecule has 0 aromatic carbocycles. The Bertz CT molecular complexity index is 343. The van der Waals surface area contributed by atoms with Crippen LogP contribution in [0.15, 0.2) is 0 Å². The molecule has 1 aliphatic heterocycles. The lowest BCUT2D eigenvalue weighted by atomic mass is 10.1. The molecule has 17 heavy (non-hydrogen) atoms. The van der Waals surface area contributed by atoms with E-state index in [1.54, 1.807) is 4.90 Å². The number of hydrogen-bond acceptors (Lipinski definition) is 3. The number of carbonyl (C=O) groups excluding carboxylic acids is 3. The highest BCUT2D eigenvalue weighted by Crippen LogP contribution is 2.16. The monoisotopic (exact) mass is 241 g/mol. The topological polar surface area (TPSA) is 69.7 Å². The van der Waals surface area contributed by atoms with Gasteiger partial charge in [0.2, 0.25) is 17.7 Å². The van der Waals surface area contributed by atoms with Crippen LogP contribution in [0.1, 0.15) is 20.8 Å². The average molecular weight is 241 g/mol. The van der Waals surface area contributed by atoms with Gasteiger partial charge in [-0.25, -0.2) is 0 Å². The summed E-state index contributed by atoms with van der Waals surface area (Å²) in [7, 11) is 1.52. The summed E-state index contributed by atoms with van der Waals surface area (Å²) in [6.07, 6.45) is 0. The lowest BCUT2D eigenvalue weighted by Gasteiger charge is -2.43. The quantitative estimate of drug-likeness (QED) is 0.653. The van der Waals surface area contributed by atoms with Crippen LogP contribution < -0.4 is 5.32 Å². The number of likely N-dealkylation sites (N-methyl/N-ethyl adjacent to an activating group) is 1. The second-order valence-electron chi connectivity index (χ2n) is 4.32. The molecular formula is C11H19N3O3. The van der Waals surface area contributed by atoms with Crippen molar-refractivity contribution in [1.82, 2.24) is 15.1 Å². The van der Waals surface area contributed by atoms with Crippen LogP contribution in [0.3, 0.4) is 0 Å². The molecule has 0 aromatic heterocycles. The average Bonchev–Trinajstić information content (AvgIpc) is 2.26. The number of nitrogens with zero attached hydrogens (tertiary/aromatic N) is 2. The molecule has 96 valence electrons. The van der Waals surface area contributed by atoms with Crippen LogP contribution in [0.5, 0.6) is 0 Å². The lowest BCUT2D eigenvalue weighted by molar-refractivity contribution is -0.149.